The van der Waals surface area contributed by atoms with Gasteiger partial charge in [-0.3, -0.25) is 4.79 Å². The lowest BCUT2D eigenvalue weighted by Crippen LogP contribution is -2.39. The molecule has 0 spiro atoms. The van der Waals surface area contributed by atoms with Crippen molar-refractivity contribution in [3.8, 4) is 0 Å². The Balaban J connectivity index is 1.75. The molecule has 2 heterocycles. The molecule has 0 unspecified atom stereocenters. The summed E-state index contributed by atoms with van der Waals surface area (Å²) in [6.45, 7) is 6.88. The number of hydrogen-bond acceptors (Lipinski definition) is 5. The SMILES string of the molecule is CC1=C(C(=O)OC[C@@H]2CCCO2)[C@@H](c2ccc(Cl)cc2Cl)C2=C(CC(C)(C)CC2=O)N1. The number of benzene rings is 1. The van der Waals surface area contributed by atoms with Crippen molar-refractivity contribution >= 4 is 35.0 Å². The van der Waals surface area contributed by atoms with Gasteiger partial charge in [-0.25, -0.2) is 4.79 Å². The first kappa shape index (κ1) is 22.4. The highest BCUT2D eigenvalue weighted by atomic mass is 35.5. The molecule has 0 amide bonds. The molecule has 0 radical (unpaired) electrons. The van der Waals surface area contributed by atoms with Gasteiger partial charge in [0.2, 0.25) is 0 Å². The molecule has 5 nitrogen and oxygen atoms in total. The number of Topliss-reactive ketones (excluding diaryl/α,β-unsaturated/α-hetero) is 1. The summed E-state index contributed by atoms with van der Waals surface area (Å²) in [5.74, 6) is -1.03. The molecule has 3 aliphatic rings. The Kier molecular flexibility index (Phi) is 6.21. The highest BCUT2D eigenvalue weighted by molar-refractivity contribution is 6.35. The lowest BCUT2D eigenvalue weighted by atomic mass is 9.68. The number of ether oxygens (including phenoxy) is 2. The highest BCUT2D eigenvalue weighted by Crippen LogP contribution is 2.48. The number of halogens is 2. The Labute approximate surface area is 192 Å². The number of allylic oxidation sites excluding steroid dienone is 3. The van der Waals surface area contributed by atoms with E-state index in [1.165, 1.54) is 0 Å². The number of esters is 1. The second-order valence-electron chi connectivity index (χ2n) is 9.33. The molecule has 31 heavy (non-hydrogen) atoms. The van der Waals surface area contributed by atoms with Crippen LogP contribution >= 0.6 is 23.2 Å². The number of ketones is 1. The molecule has 1 aromatic rings. The number of dihydropyridines is 1. The first-order chi connectivity index (χ1) is 14.7. The zero-order chi connectivity index (χ0) is 22.3. The maximum Gasteiger partial charge on any atom is 0.336 e. The molecule has 0 aromatic heterocycles. The minimum Gasteiger partial charge on any atom is -0.459 e. The summed E-state index contributed by atoms with van der Waals surface area (Å²) in [6, 6.07) is 5.16. The molecule has 2 aliphatic heterocycles. The number of carbonyl (C=O) groups is 2. The van der Waals surface area contributed by atoms with E-state index in [-0.39, 0.29) is 23.9 Å². The van der Waals surface area contributed by atoms with Gasteiger partial charge in [0.15, 0.2) is 5.78 Å². The van der Waals surface area contributed by atoms with E-state index in [2.05, 4.69) is 19.2 Å². The zero-order valence-corrected chi connectivity index (χ0v) is 19.5. The van der Waals surface area contributed by atoms with E-state index in [1.54, 1.807) is 18.2 Å². The van der Waals surface area contributed by atoms with Gasteiger partial charge in [-0.1, -0.05) is 43.1 Å². The van der Waals surface area contributed by atoms with Crippen LogP contribution in [-0.4, -0.2) is 31.1 Å². The van der Waals surface area contributed by atoms with Crippen LogP contribution in [0.25, 0.3) is 0 Å². The number of carbonyl (C=O) groups excluding carboxylic acids is 2. The minimum absolute atomic E-state index is 0.0201. The molecular formula is C24H27Cl2NO4. The van der Waals surface area contributed by atoms with Crippen LogP contribution in [0.15, 0.2) is 40.7 Å². The molecule has 1 fully saturated rings. The van der Waals surface area contributed by atoms with E-state index in [4.69, 9.17) is 32.7 Å². The van der Waals surface area contributed by atoms with E-state index in [0.29, 0.717) is 51.9 Å². The molecule has 0 bridgehead atoms. The lowest BCUT2D eigenvalue weighted by Gasteiger charge is -2.39. The van der Waals surface area contributed by atoms with E-state index in [1.807, 2.05) is 6.92 Å². The molecule has 1 saturated heterocycles. The first-order valence-electron chi connectivity index (χ1n) is 10.6. The van der Waals surface area contributed by atoms with Crippen LogP contribution in [0.4, 0.5) is 0 Å². The number of rotatable bonds is 4. The van der Waals surface area contributed by atoms with Crippen LogP contribution in [-0.2, 0) is 19.1 Å². The fourth-order valence-corrected chi connectivity index (χ4v) is 5.29. The normalized spacial score (nSPS) is 25.4. The summed E-state index contributed by atoms with van der Waals surface area (Å²) in [6.07, 6.45) is 2.89. The van der Waals surface area contributed by atoms with Gasteiger partial charge < -0.3 is 14.8 Å². The quantitative estimate of drug-likeness (QED) is 0.612. The van der Waals surface area contributed by atoms with Gasteiger partial charge in [-0.2, -0.15) is 0 Å². The molecule has 1 aromatic carbocycles. The number of nitrogens with one attached hydrogen (secondary N) is 1. The fraction of sp³-hybridized carbons (Fsp3) is 0.500. The lowest BCUT2D eigenvalue weighted by molar-refractivity contribution is -0.142. The maximum absolute atomic E-state index is 13.3. The summed E-state index contributed by atoms with van der Waals surface area (Å²) in [4.78, 5) is 26.5. The standard InChI is InChI=1S/C24H27Cl2NO4/c1-13-20(23(29)31-12-15-5-4-8-30-15)21(16-7-6-14(25)9-17(16)26)22-18(27-13)10-24(2,3)11-19(22)28/h6-7,9,15,21,27H,4-5,8,10-12H2,1-3H3/t15-,21+/m0/s1. The molecule has 4 rings (SSSR count). The Hall–Kier alpha value is -1.82. The van der Waals surface area contributed by atoms with Crippen molar-refractivity contribution in [3.05, 3.63) is 56.3 Å². The predicted molar refractivity (Wildman–Crippen MR) is 120 cm³/mol. The molecule has 2 atom stereocenters. The van der Waals surface area contributed by atoms with Crippen LogP contribution in [0.5, 0.6) is 0 Å². The molecule has 166 valence electrons. The van der Waals surface area contributed by atoms with E-state index < -0.39 is 11.9 Å². The third kappa shape index (κ3) is 4.55. The Morgan fingerprint density at radius 1 is 1.29 bits per heavy atom. The Morgan fingerprint density at radius 3 is 2.74 bits per heavy atom. The monoisotopic (exact) mass is 463 g/mol. The Bertz CT molecular complexity index is 989. The third-order valence-electron chi connectivity index (χ3n) is 6.16. The van der Waals surface area contributed by atoms with Gasteiger partial charge in [-0.15, -0.1) is 0 Å². The second kappa shape index (κ2) is 8.61. The van der Waals surface area contributed by atoms with Crippen LogP contribution < -0.4 is 5.32 Å². The topological polar surface area (TPSA) is 64.6 Å². The van der Waals surface area contributed by atoms with Crippen molar-refractivity contribution in [3.63, 3.8) is 0 Å². The van der Waals surface area contributed by atoms with Gasteiger partial charge >= 0.3 is 5.97 Å². The fourth-order valence-electron chi connectivity index (χ4n) is 4.78. The van der Waals surface area contributed by atoms with Crippen LogP contribution in [0, 0.1) is 5.41 Å². The molecular weight excluding hydrogens is 437 g/mol. The third-order valence-corrected chi connectivity index (χ3v) is 6.72. The van der Waals surface area contributed by atoms with Crippen LogP contribution in [0.2, 0.25) is 10.0 Å². The van der Waals surface area contributed by atoms with Crippen molar-refractivity contribution in [1.29, 1.82) is 0 Å². The van der Waals surface area contributed by atoms with Crippen molar-refractivity contribution < 1.29 is 19.1 Å². The van der Waals surface area contributed by atoms with Gasteiger partial charge in [0.05, 0.1) is 11.7 Å². The predicted octanol–water partition coefficient (Wildman–Crippen LogP) is 5.32. The molecule has 1 aliphatic carbocycles. The van der Waals surface area contributed by atoms with Gasteiger partial charge in [0, 0.05) is 46.0 Å². The summed E-state index contributed by atoms with van der Waals surface area (Å²) < 4.78 is 11.2. The molecule has 1 N–H and O–H groups in total. The van der Waals surface area contributed by atoms with E-state index in [0.717, 1.165) is 18.5 Å². The first-order valence-corrected chi connectivity index (χ1v) is 11.4. The van der Waals surface area contributed by atoms with Crippen LogP contribution in [0.3, 0.4) is 0 Å². The van der Waals surface area contributed by atoms with E-state index in [9.17, 15) is 9.59 Å². The summed E-state index contributed by atoms with van der Waals surface area (Å²) in [7, 11) is 0. The Morgan fingerprint density at radius 2 is 2.06 bits per heavy atom. The highest BCUT2D eigenvalue weighted by Gasteiger charge is 2.43. The number of hydrogen-bond donors (Lipinski definition) is 1. The van der Waals surface area contributed by atoms with Crippen molar-refractivity contribution in [1.82, 2.24) is 5.32 Å². The van der Waals surface area contributed by atoms with Crippen LogP contribution in [0.1, 0.15) is 57.9 Å². The van der Waals surface area contributed by atoms with Gasteiger partial charge in [0.1, 0.15) is 6.61 Å². The minimum atomic E-state index is -0.596. The zero-order valence-electron chi connectivity index (χ0n) is 18.0. The molecule has 7 heteroatoms. The molecule has 0 saturated carbocycles. The maximum atomic E-state index is 13.3. The average Bonchev–Trinajstić information content (AvgIpc) is 3.17. The average molecular weight is 464 g/mol. The summed E-state index contributed by atoms with van der Waals surface area (Å²) >= 11 is 12.7. The largest absolute Gasteiger partial charge is 0.459 e. The van der Waals surface area contributed by atoms with E-state index >= 15 is 0 Å². The van der Waals surface area contributed by atoms with Crippen molar-refractivity contribution in [2.75, 3.05) is 13.2 Å². The van der Waals surface area contributed by atoms with Crippen molar-refractivity contribution in [2.45, 2.75) is 58.5 Å². The second-order valence-corrected chi connectivity index (χ2v) is 10.2. The van der Waals surface area contributed by atoms with Crippen molar-refractivity contribution in [2.24, 2.45) is 5.41 Å². The summed E-state index contributed by atoms with van der Waals surface area (Å²) in [5, 5.41) is 4.25. The van der Waals surface area contributed by atoms with Gasteiger partial charge in [-0.05, 0) is 49.3 Å². The van der Waals surface area contributed by atoms with Gasteiger partial charge in [0.25, 0.3) is 0 Å². The smallest absolute Gasteiger partial charge is 0.336 e. The summed E-state index contributed by atoms with van der Waals surface area (Å²) in [5.41, 5.74) is 3.06.